The maximum Gasteiger partial charge on any atom is 0.410 e. The monoisotopic (exact) mass is 588 g/mol. The van der Waals surface area contributed by atoms with E-state index in [4.69, 9.17) is 23.7 Å². The molecule has 1 amide bonds. The Morgan fingerprint density at radius 1 is 0.977 bits per heavy atom. The first-order chi connectivity index (χ1) is 21.0. The molecule has 2 heterocycles. The first kappa shape index (κ1) is 30.7. The minimum atomic E-state index is -0.311. The van der Waals surface area contributed by atoms with Crippen molar-refractivity contribution in [1.82, 2.24) is 4.90 Å². The van der Waals surface area contributed by atoms with Crippen molar-refractivity contribution in [1.29, 1.82) is 0 Å². The molecule has 2 aliphatic rings. The lowest BCUT2D eigenvalue weighted by molar-refractivity contribution is -0.0246. The van der Waals surface area contributed by atoms with E-state index in [9.17, 15) is 4.79 Å². The highest BCUT2D eigenvalue weighted by molar-refractivity contribution is 5.68. The minimum absolute atomic E-state index is 0.116. The summed E-state index contributed by atoms with van der Waals surface area (Å²) in [6.45, 7) is 8.96. The fourth-order valence-electron chi connectivity index (χ4n) is 5.75. The zero-order chi connectivity index (χ0) is 30.0. The third kappa shape index (κ3) is 8.42. The lowest BCUT2D eigenvalue weighted by Gasteiger charge is -2.38. The topological polar surface area (TPSA) is 69.7 Å². The number of hydrogen-bond acceptors (Lipinski definition) is 7. The number of hydrogen-bond donors (Lipinski definition) is 0. The molecule has 0 N–H and O–H groups in total. The molecule has 0 aromatic heterocycles. The number of piperidine rings is 1. The minimum Gasteiger partial charge on any atom is -0.491 e. The van der Waals surface area contributed by atoms with Gasteiger partial charge in [0.1, 0.15) is 24.7 Å². The smallest absolute Gasteiger partial charge is 0.410 e. The van der Waals surface area contributed by atoms with E-state index in [1.165, 1.54) is 5.56 Å². The summed E-state index contributed by atoms with van der Waals surface area (Å²) in [5.74, 6) is 1.89. The number of methoxy groups -OCH3 is 1. The highest BCUT2D eigenvalue weighted by atomic mass is 16.6. The molecule has 8 heteroatoms. The molecular formula is C35H44N2O6. The van der Waals surface area contributed by atoms with Crippen LogP contribution in [-0.4, -0.2) is 69.7 Å². The zero-order valence-electron chi connectivity index (χ0n) is 25.6. The van der Waals surface area contributed by atoms with Gasteiger partial charge >= 0.3 is 6.09 Å². The predicted molar refractivity (Wildman–Crippen MR) is 167 cm³/mol. The van der Waals surface area contributed by atoms with Gasteiger partial charge in [-0.1, -0.05) is 48.5 Å². The summed E-state index contributed by atoms with van der Waals surface area (Å²) in [4.78, 5) is 17.2. The van der Waals surface area contributed by atoms with E-state index in [0.717, 1.165) is 60.9 Å². The van der Waals surface area contributed by atoms with Gasteiger partial charge in [-0.15, -0.1) is 0 Å². The van der Waals surface area contributed by atoms with Crippen LogP contribution in [0, 0.1) is 0 Å². The number of rotatable bonds is 12. The first-order valence-electron chi connectivity index (χ1n) is 15.3. The molecule has 0 spiro atoms. The number of carbonyl (C=O) groups is 1. The number of nitrogens with zero attached hydrogens (tertiary/aromatic N) is 2. The van der Waals surface area contributed by atoms with Crippen LogP contribution in [0.25, 0.3) is 0 Å². The standard InChI is InChI=1S/C35H44N2O6/c1-26(2)43-30-13-11-29(12-14-30)31-16-18-37(35(38)42-24-27-8-5-4-6-9-27)23-34(31)41-25-28-10-15-33-32(22-28)36(19-21-40-33)17-7-20-39-3/h4-6,8-15,22,26,31,34H,7,16-21,23-25H2,1-3H3. The molecule has 0 bridgehead atoms. The fraction of sp³-hybridized carbons (Fsp3) is 0.457. The maximum atomic E-state index is 13.1. The summed E-state index contributed by atoms with van der Waals surface area (Å²) in [7, 11) is 1.74. The van der Waals surface area contributed by atoms with E-state index in [1.807, 2.05) is 62.4 Å². The number of anilines is 1. The normalized spacial score (nSPS) is 18.2. The third-order valence-electron chi connectivity index (χ3n) is 7.93. The Hall–Kier alpha value is -3.75. The molecule has 2 aliphatic heterocycles. The quantitative estimate of drug-likeness (QED) is 0.226. The lowest BCUT2D eigenvalue weighted by atomic mass is 9.87. The van der Waals surface area contributed by atoms with Gasteiger partial charge in [-0.25, -0.2) is 4.79 Å². The van der Waals surface area contributed by atoms with Crippen molar-refractivity contribution >= 4 is 11.8 Å². The number of ether oxygens (including phenoxy) is 5. The SMILES string of the molecule is COCCCN1CCOc2ccc(COC3CN(C(=O)OCc4ccccc4)CCC3c3ccc(OC(C)C)cc3)cc21. The van der Waals surface area contributed by atoms with Crippen LogP contribution in [0.5, 0.6) is 11.5 Å². The van der Waals surface area contributed by atoms with E-state index in [2.05, 4.69) is 29.2 Å². The molecule has 5 rings (SSSR count). The van der Waals surface area contributed by atoms with Crippen molar-refractivity contribution in [3.63, 3.8) is 0 Å². The van der Waals surface area contributed by atoms with E-state index in [-0.39, 0.29) is 30.8 Å². The van der Waals surface area contributed by atoms with Gasteiger partial charge in [0.15, 0.2) is 0 Å². The molecule has 0 aliphatic carbocycles. The Bertz CT molecular complexity index is 1300. The Balaban J connectivity index is 1.29. The fourth-order valence-corrected chi connectivity index (χ4v) is 5.75. The number of likely N-dealkylation sites (tertiary alicyclic amines) is 1. The maximum absolute atomic E-state index is 13.1. The molecule has 2 unspecified atom stereocenters. The first-order valence-corrected chi connectivity index (χ1v) is 15.3. The van der Waals surface area contributed by atoms with Gasteiger partial charge in [0, 0.05) is 32.7 Å². The summed E-state index contributed by atoms with van der Waals surface area (Å²) in [6, 6.07) is 24.3. The molecule has 230 valence electrons. The van der Waals surface area contributed by atoms with Crippen LogP contribution in [0.15, 0.2) is 72.8 Å². The summed E-state index contributed by atoms with van der Waals surface area (Å²) >= 11 is 0. The van der Waals surface area contributed by atoms with Crippen LogP contribution in [0.4, 0.5) is 10.5 Å². The summed E-state index contributed by atoms with van der Waals surface area (Å²) in [6.07, 6.45) is 1.34. The molecule has 8 nitrogen and oxygen atoms in total. The van der Waals surface area contributed by atoms with E-state index < -0.39 is 0 Å². The average molecular weight is 589 g/mol. The van der Waals surface area contributed by atoms with Gasteiger partial charge < -0.3 is 33.5 Å². The van der Waals surface area contributed by atoms with Crippen molar-refractivity contribution in [2.24, 2.45) is 0 Å². The average Bonchev–Trinajstić information content (AvgIpc) is 3.03. The Morgan fingerprint density at radius 2 is 1.79 bits per heavy atom. The van der Waals surface area contributed by atoms with Crippen LogP contribution in [0.2, 0.25) is 0 Å². The van der Waals surface area contributed by atoms with Crippen LogP contribution in [-0.2, 0) is 27.4 Å². The second kappa shape index (κ2) is 15.1. The van der Waals surface area contributed by atoms with Gasteiger partial charge in [-0.3, -0.25) is 0 Å². The second-order valence-electron chi connectivity index (χ2n) is 11.5. The Kier molecular flexibility index (Phi) is 10.8. The molecule has 0 saturated carbocycles. The molecule has 3 aromatic rings. The predicted octanol–water partition coefficient (Wildman–Crippen LogP) is 6.42. The second-order valence-corrected chi connectivity index (χ2v) is 11.5. The largest absolute Gasteiger partial charge is 0.491 e. The van der Waals surface area contributed by atoms with Gasteiger partial charge in [-0.2, -0.15) is 0 Å². The highest BCUT2D eigenvalue weighted by Gasteiger charge is 2.34. The van der Waals surface area contributed by atoms with Crippen molar-refractivity contribution in [3.8, 4) is 11.5 Å². The van der Waals surface area contributed by atoms with Crippen molar-refractivity contribution in [3.05, 3.63) is 89.5 Å². The third-order valence-corrected chi connectivity index (χ3v) is 7.93. The van der Waals surface area contributed by atoms with Crippen LogP contribution < -0.4 is 14.4 Å². The van der Waals surface area contributed by atoms with Crippen molar-refractivity contribution < 1.29 is 28.5 Å². The molecule has 2 atom stereocenters. The number of benzene rings is 3. The van der Waals surface area contributed by atoms with Gasteiger partial charge in [0.05, 0.1) is 37.6 Å². The highest BCUT2D eigenvalue weighted by Crippen LogP contribution is 2.35. The number of amides is 1. The van der Waals surface area contributed by atoms with Crippen molar-refractivity contribution in [2.45, 2.75) is 58.0 Å². The number of fused-ring (bicyclic) bond motifs is 1. The molecule has 1 fully saturated rings. The lowest BCUT2D eigenvalue weighted by Crippen LogP contribution is -2.47. The summed E-state index contributed by atoms with van der Waals surface area (Å²) in [5, 5.41) is 0. The molecule has 3 aromatic carbocycles. The molecule has 43 heavy (non-hydrogen) atoms. The molecule has 0 radical (unpaired) electrons. The summed E-state index contributed by atoms with van der Waals surface area (Å²) < 4.78 is 29.4. The Morgan fingerprint density at radius 3 is 2.56 bits per heavy atom. The molecular weight excluding hydrogens is 544 g/mol. The van der Waals surface area contributed by atoms with Crippen molar-refractivity contribution in [2.75, 3.05) is 51.4 Å². The van der Waals surface area contributed by atoms with E-state index in [1.54, 1.807) is 12.0 Å². The van der Waals surface area contributed by atoms with Gasteiger partial charge in [-0.05, 0) is 67.6 Å². The van der Waals surface area contributed by atoms with Gasteiger partial charge in [0.2, 0.25) is 0 Å². The van der Waals surface area contributed by atoms with Crippen LogP contribution in [0.1, 0.15) is 49.3 Å². The van der Waals surface area contributed by atoms with Crippen LogP contribution in [0.3, 0.4) is 0 Å². The van der Waals surface area contributed by atoms with E-state index in [0.29, 0.717) is 26.3 Å². The van der Waals surface area contributed by atoms with E-state index >= 15 is 0 Å². The van der Waals surface area contributed by atoms with Crippen LogP contribution >= 0.6 is 0 Å². The molecule has 1 saturated heterocycles. The zero-order valence-corrected chi connectivity index (χ0v) is 25.6. The Labute approximate surface area is 255 Å². The van der Waals surface area contributed by atoms with Gasteiger partial charge in [0.25, 0.3) is 0 Å². The summed E-state index contributed by atoms with van der Waals surface area (Å²) in [5.41, 5.74) is 4.32. The number of carbonyl (C=O) groups excluding carboxylic acids is 1.